The number of carbonyl (C=O) groups excluding carboxylic acids is 1. The molecule has 2 rings (SSSR count). The van der Waals surface area contributed by atoms with Crippen LogP contribution in [0.1, 0.15) is 35.3 Å². The van der Waals surface area contributed by atoms with Gasteiger partial charge in [-0.3, -0.25) is 9.59 Å². The van der Waals surface area contributed by atoms with Gasteiger partial charge >= 0.3 is 5.97 Å². The molecule has 0 fully saturated rings. The number of aliphatic carboxylic acids is 1. The van der Waals surface area contributed by atoms with E-state index >= 15 is 0 Å². The van der Waals surface area contributed by atoms with Crippen molar-refractivity contribution in [3.63, 3.8) is 0 Å². The first-order chi connectivity index (χ1) is 11.0. The van der Waals surface area contributed by atoms with Crippen LogP contribution in [0.4, 0.5) is 0 Å². The van der Waals surface area contributed by atoms with E-state index in [2.05, 4.69) is 5.32 Å². The second-order valence-corrected chi connectivity index (χ2v) is 5.74. The lowest BCUT2D eigenvalue weighted by Gasteiger charge is -2.25. The summed E-state index contributed by atoms with van der Waals surface area (Å²) in [7, 11) is 0. The molecule has 2 N–H and O–H groups in total. The van der Waals surface area contributed by atoms with Crippen molar-refractivity contribution in [2.24, 2.45) is 0 Å². The van der Waals surface area contributed by atoms with Crippen molar-refractivity contribution in [3.05, 3.63) is 71.3 Å². The lowest BCUT2D eigenvalue weighted by Crippen LogP contribution is -2.44. The average Bonchev–Trinajstić information content (AvgIpc) is 2.60. The molecule has 120 valence electrons. The number of amides is 1. The highest BCUT2D eigenvalue weighted by Crippen LogP contribution is 2.23. The molecule has 4 nitrogen and oxygen atoms in total. The molecule has 0 aliphatic carbocycles. The molecule has 1 unspecified atom stereocenters. The fourth-order valence-corrected chi connectivity index (χ4v) is 2.36. The SMILES string of the molecule is CCc1ccc(C(=O)NCC(C)(C(=O)O)c2ccccc2)cc1. The summed E-state index contributed by atoms with van der Waals surface area (Å²) in [6, 6.07) is 16.3. The smallest absolute Gasteiger partial charge is 0.315 e. The number of benzene rings is 2. The van der Waals surface area contributed by atoms with Crippen molar-refractivity contribution in [3.8, 4) is 0 Å². The zero-order valence-corrected chi connectivity index (χ0v) is 13.4. The van der Waals surface area contributed by atoms with Gasteiger partial charge in [0.2, 0.25) is 0 Å². The second kappa shape index (κ2) is 7.09. The molecular weight excluding hydrogens is 290 g/mol. The molecule has 0 radical (unpaired) electrons. The Labute approximate surface area is 136 Å². The van der Waals surface area contributed by atoms with Crippen molar-refractivity contribution in [2.45, 2.75) is 25.7 Å². The topological polar surface area (TPSA) is 66.4 Å². The molecule has 0 saturated carbocycles. The Morgan fingerprint density at radius 2 is 1.65 bits per heavy atom. The van der Waals surface area contributed by atoms with Crippen LogP contribution in [0.3, 0.4) is 0 Å². The third-order valence-electron chi connectivity index (χ3n) is 4.11. The summed E-state index contributed by atoms with van der Waals surface area (Å²) in [5, 5.41) is 12.3. The highest BCUT2D eigenvalue weighted by molar-refractivity contribution is 5.94. The van der Waals surface area contributed by atoms with E-state index in [4.69, 9.17) is 0 Å². The summed E-state index contributed by atoms with van der Waals surface area (Å²) in [6.07, 6.45) is 0.910. The lowest BCUT2D eigenvalue weighted by molar-refractivity contribution is -0.142. The van der Waals surface area contributed by atoms with Gasteiger partial charge in [0.05, 0.1) is 0 Å². The summed E-state index contributed by atoms with van der Waals surface area (Å²) in [4.78, 5) is 23.9. The van der Waals surface area contributed by atoms with Gasteiger partial charge in [0, 0.05) is 12.1 Å². The van der Waals surface area contributed by atoms with Crippen molar-refractivity contribution >= 4 is 11.9 Å². The Balaban J connectivity index is 2.12. The minimum Gasteiger partial charge on any atom is -0.481 e. The molecule has 0 heterocycles. The molecule has 1 amide bonds. The van der Waals surface area contributed by atoms with E-state index in [1.165, 1.54) is 0 Å². The number of rotatable bonds is 6. The van der Waals surface area contributed by atoms with Crippen molar-refractivity contribution < 1.29 is 14.7 Å². The van der Waals surface area contributed by atoms with E-state index in [1.54, 1.807) is 43.3 Å². The van der Waals surface area contributed by atoms with Gasteiger partial charge in [0.1, 0.15) is 5.41 Å². The Hall–Kier alpha value is -2.62. The third kappa shape index (κ3) is 3.77. The largest absolute Gasteiger partial charge is 0.481 e. The van der Waals surface area contributed by atoms with Crippen LogP contribution in [0, 0.1) is 0 Å². The lowest BCUT2D eigenvalue weighted by atomic mass is 9.82. The third-order valence-corrected chi connectivity index (χ3v) is 4.11. The van der Waals surface area contributed by atoms with Gasteiger partial charge < -0.3 is 10.4 Å². The standard InChI is InChI=1S/C19H21NO3/c1-3-14-9-11-15(12-10-14)17(21)20-13-19(2,18(22)23)16-7-5-4-6-8-16/h4-12H,3,13H2,1-2H3,(H,20,21)(H,22,23). The zero-order chi connectivity index (χ0) is 16.9. The molecule has 4 heteroatoms. The van der Waals surface area contributed by atoms with E-state index in [9.17, 15) is 14.7 Å². The predicted octanol–water partition coefficient (Wildman–Crippen LogP) is 3.02. The maximum absolute atomic E-state index is 12.2. The summed E-state index contributed by atoms with van der Waals surface area (Å²) >= 11 is 0. The highest BCUT2D eigenvalue weighted by atomic mass is 16.4. The van der Waals surface area contributed by atoms with Gasteiger partial charge in [-0.25, -0.2) is 0 Å². The van der Waals surface area contributed by atoms with Crippen LogP contribution in [0.2, 0.25) is 0 Å². The second-order valence-electron chi connectivity index (χ2n) is 5.74. The first kappa shape index (κ1) is 16.7. The van der Waals surface area contributed by atoms with Gasteiger partial charge in [-0.05, 0) is 36.6 Å². The average molecular weight is 311 g/mol. The number of carbonyl (C=O) groups is 2. The Kier molecular flexibility index (Phi) is 5.16. The predicted molar refractivity (Wildman–Crippen MR) is 89.6 cm³/mol. The minimum atomic E-state index is -1.17. The van der Waals surface area contributed by atoms with Crippen LogP contribution in [-0.4, -0.2) is 23.5 Å². The Morgan fingerprint density at radius 3 is 2.17 bits per heavy atom. The van der Waals surface area contributed by atoms with Gasteiger partial charge in [0.15, 0.2) is 0 Å². The molecule has 0 spiro atoms. The molecular formula is C19H21NO3. The number of hydrogen-bond donors (Lipinski definition) is 2. The molecule has 23 heavy (non-hydrogen) atoms. The summed E-state index contributed by atoms with van der Waals surface area (Å²) in [5.41, 5.74) is 1.18. The van der Waals surface area contributed by atoms with E-state index < -0.39 is 11.4 Å². The van der Waals surface area contributed by atoms with Crippen LogP contribution < -0.4 is 5.32 Å². The van der Waals surface area contributed by atoms with Crippen LogP contribution in [0.5, 0.6) is 0 Å². The molecule has 2 aromatic carbocycles. The monoisotopic (exact) mass is 311 g/mol. The van der Waals surface area contributed by atoms with Crippen molar-refractivity contribution in [2.75, 3.05) is 6.54 Å². The fourth-order valence-electron chi connectivity index (χ4n) is 2.36. The number of carboxylic acids is 1. The van der Waals surface area contributed by atoms with Crippen LogP contribution in [-0.2, 0) is 16.6 Å². The molecule has 0 bridgehead atoms. The van der Waals surface area contributed by atoms with Crippen LogP contribution in [0.25, 0.3) is 0 Å². The number of hydrogen-bond acceptors (Lipinski definition) is 2. The molecule has 0 aromatic heterocycles. The van der Waals surface area contributed by atoms with E-state index in [0.717, 1.165) is 12.0 Å². The van der Waals surface area contributed by atoms with Gasteiger partial charge in [-0.1, -0.05) is 49.4 Å². The maximum Gasteiger partial charge on any atom is 0.315 e. The zero-order valence-electron chi connectivity index (χ0n) is 13.4. The number of nitrogens with one attached hydrogen (secondary N) is 1. The molecule has 0 saturated heterocycles. The molecule has 0 aliphatic heterocycles. The van der Waals surface area contributed by atoms with E-state index in [-0.39, 0.29) is 12.5 Å². The highest BCUT2D eigenvalue weighted by Gasteiger charge is 2.35. The van der Waals surface area contributed by atoms with Crippen LogP contribution in [0.15, 0.2) is 54.6 Å². The first-order valence-corrected chi connectivity index (χ1v) is 7.63. The van der Waals surface area contributed by atoms with E-state index in [0.29, 0.717) is 11.1 Å². The number of carboxylic acid groups (broad SMARTS) is 1. The maximum atomic E-state index is 12.2. The quantitative estimate of drug-likeness (QED) is 0.862. The summed E-state index contributed by atoms with van der Waals surface area (Å²) < 4.78 is 0. The van der Waals surface area contributed by atoms with Crippen LogP contribution >= 0.6 is 0 Å². The molecule has 2 aromatic rings. The Bertz CT molecular complexity index is 680. The van der Waals surface area contributed by atoms with Gasteiger partial charge in [-0.15, -0.1) is 0 Å². The molecule has 1 atom stereocenters. The summed E-state index contributed by atoms with van der Waals surface area (Å²) in [6.45, 7) is 3.69. The fraction of sp³-hybridized carbons (Fsp3) is 0.263. The van der Waals surface area contributed by atoms with Crippen molar-refractivity contribution in [1.82, 2.24) is 5.32 Å². The Morgan fingerprint density at radius 1 is 1.04 bits per heavy atom. The van der Waals surface area contributed by atoms with E-state index in [1.807, 2.05) is 25.1 Å². The normalized spacial score (nSPS) is 13.1. The molecule has 0 aliphatic rings. The van der Waals surface area contributed by atoms with Gasteiger partial charge in [-0.2, -0.15) is 0 Å². The van der Waals surface area contributed by atoms with Crippen molar-refractivity contribution in [1.29, 1.82) is 0 Å². The summed E-state index contributed by atoms with van der Waals surface area (Å²) in [5.74, 6) is -1.23. The number of aryl methyl sites for hydroxylation is 1. The minimum absolute atomic E-state index is 0.0285. The first-order valence-electron chi connectivity index (χ1n) is 7.63. The van der Waals surface area contributed by atoms with Gasteiger partial charge in [0.25, 0.3) is 5.91 Å².